The van der Waals surface area contributed by atoms with Crippen LogP contribution >= 0.6 is 11.8 Å². The highest BCUT2D eigenvalue weighted by atomic mass is 32.2. The highest BCUT2D eigenvalue weighted by Gasteiger charge is 2.30. The molecule has 1 unspecified atom stereocenters. The Morgan fingerprint density at radius 2 is 1.59 bits per heavy atom. The van der Waals surface area contributed by atoms with Gasteiger partial charge in [-0.25, -0.2) is 9.59 Å². The van der Waals surface area contributed by atoms with Crippen LogP contribution in [0, 0.1) is 0 Å². The van der Waals surface area contributed by atoms with Gasteiger partial charge in [0, 0.05) is 24.5 Å². The number of alkyl halides is 3. The average molecular weight is 592 g/mol. The smallest absolute Gasteiger partial charge is 0.416 e. The third-order valence-corrected chi connectivity index (χ3v) is 6.95. The fourth-order valence-corrected chi connectivity index (χ4v) is 4.62. The Labute approximate surface area is 241 Å². The third kappa shape index (κ3) is 11.0. The molecule has 1 atom stereocenters. The van der Waals surface area contributed by atoms with Gasteiger partial charge in [0.1, 0.15) is 18.1 Å². The van der Waals surface area contributed by atoms with Crippen LogP contribution in [0.5, 0.6) is 11.5 Å². The maximum Gasteiger partial charge on any atom is 0.416 e. The van der Waals surface area contributed by atoms with E-state index in [1.54, 1.807) is 43.0 Å². The summed E-state index contributed by atoms with van der Waals surface area (Å²) in [5.74, 6) is 0.260. The maximum atomic E-state index is 12.9. The standard InChI is InChI=1S/C30H32F3NO6S/c1-2-38-27(28(35)36)21-22-9-13-24(14-10-22)39-19-18-34(17-6-20-41-26-7-4-3-5-8-26)29(37)40-25-15-11-23(12-16-25)30(31,32)33/h3-5,7-16,27H,2,6,17-21H2,1H3,(H,35,36). The number of thioether (sulfide) groups is 1. The van der Waals surface area contributed by atoms with Crippen molar-refractivity contribution >= 4 is 23.8 Å². The van der Waals surface area contributed by atoms with Gasteiger partial charge in [0.2, 0.25) is 0 Å². The summed E-state index contributed by atoms with van der Waals surface area (Å²) in [4.78, 5) is 26.8. The number of hydrogen-bond acceptors (Lipinski definition) is 6. The van der Waals surface area contributed by atoms with E-state index in [0.29, 0.717) is 25.3 Å². The molecule has 11 heteroatoms. The third-order valence-electron chi connectivity index (χ3n) is 5.85. The zero-order chi connectivity index (χ0) is 29.7. The minimum atomic E-state index is -4.48. The zero-order valence-corrected chi connectivity index (χ0v) is 23.3. The lowest BCUT2D eigenvalue weighted by Gasteiger charge is -2.22. The Morgan fingerprint density at radius 3 is 2.20 bits per heavy atom. The van der Waals surface area contributed by atoms with Crippen molar-refractivity contribution in [2.75, 3.05) is 32.1 Å². The summed E-state index contributed by atoms with van der Waals surface area (Å²) in [6.45, 7) is 2.71. The molecule has 0 fully saturated rings. The Bertz CT molecular complexity index is 1220. The van der Waals surface area contributed by atoms with Gasteiger partial charge in [0.25, 0.3) is 0 Å². The van der Waals surface area contributed by atoms with Crippen molar-refractivity contribution < 1.29 is 42.1 Å². The van der Waals surface area contributed by atoms with Crippen LogP contribution in [-0.4, -0.2) is 60.2 Å². The van der Waals surface area contributed by atoms with Crippen LogP contribution in [0.15, 0.2) is 83.8 Å². The molecule has 0 aliphatic heterocycles. The van der Waals surface area contributed by atoms with Crippen LogP contribution in [0.4, 0.5) is 18.0 Å². The Kier molecular flexibility index (Phi) is 12.4. The summed E-state index contributed by atoms with van der Waals surface area (Å²) in [6, 6.07) is 20.7. The highest BCUT2D eigenvalue weighted by Crippen LogP contribution is 2.30. The van der Waals surface area contributed by atoms with Gasteiger partial charge >= 0.3 is 18.2 Å². The van der Waals surface area contributed by atoms with E-state index in [2.05, 4.69) is 0 Å². The number of carboxylic acids is 1. The molecule has 220 valence electrons. The number of carbonyl (C=O) groups is 2. The highest BCUT2D eigenvalue weighted by molar-refractivity contribution is 7.99. The van der Waals surface area contributed by atoms with Gasteiger partial charge in [-0.3, -0.25) is 0 Å². The van der Waals surface area contributed by atoms with Crippen molar-refractivity contribution in [2.45, 2.75) is 36.9 Å². The number of carbonyl (C=O) groups excluding carboxylic acids is 1. The number of benzene rings is 3. The minimum Gasteiger partial charge on any atom is -0.492 e. The molecule has 0 heterocycles. The zero-order valence-electron chi connectivity index (χ0n) is 22.5. The molecule has 3 aromatic rings. The van der Waals surface area contributed by atoms with E-state index >= 15 is 0 Å². The van der Waals surface area contributed by atoms with E-state index in [1.165, 1.54) is 4.90 Å². The number of rotatable bonds is 15. The Balaban J connectivity index is 1.56. The molecule has 0 aromatic heterocycles. The van der Waals surface area contributed by atoms with E-state index in [1.807, 2.05) is 30.3 Å². The number of aliphatic carboxylic acids is 1. The topological polar surface area (TPSA) is 85.3 Å². The quantitative estimate of drug-likeness (QED) is 0.154. The summed E-state index contributed by atoms with van der Waals surface area (Å²) in [6.07, 6.45) is -5.24. The van der Waals surface area contributed by atoms with Crippen molar-refractivity contribution in [3.05, 3.63) is 90.0 Å². The molecular weight excluding hydrogens is 559 g/mol. The SMILES string of the molecule is CCOC(Cc1ccc(OCCN(CCCSc2ccccc2)C(=O)Oc2ccc(C(F)(F)F)cc2)cc1)C(=O)O. The number of halogens is 3. The normalized spacial score (nSPS) is 12.0. The number of nitrogens with zero attached hydrogens (tertiary/aromatic N) is 1. The molecule has 1 amide bonds. The van der Waals surface area contributed by atoms with Crippen molar-refractivity contribution in [1.82, 2.24) is 4.90 Å². The van der Waals surface area contributed by atoms with Gasteiger partial charge < -0.3 is 24.2 Å². The number of hydrogen-bond donors (Lipinski definition) is 1. The Morgan fingerprint density at radius 1 is 0.927 bits per heavy atom. The predicted molar refractivity (Wildman–Crippen MR) is 150 cm³/mol. The summed E-state index contributed by atoms with van der Waals surface area (Å²) < 4.78 is 55.0. The first-order valence-electron chi connectivity index (χ1n) is 13.0. The summed E-state index contributed by atoms with van der Waals surface area (Å²) in [5, 5.41) is 9.27. The van der Waals surface area contributed by atoms with Crippen LogP contribution in [0.3, 0.4) is 0 Å². The second-order valence-corrected chi connectivity index (χ2v) is 10.0. The maximum absolute atomic E-state index is 12.9. The van der Waals surface area contributed by atoms with E-state index in [4.69, 9.17) is 14.2 Å². The molecule has 0 aliphatic carbocycles. The van der Waals surface area contributed by atoms with Crippen molar-refractivity contribution in [3.8, 4) is 11.5 Å². The number of amides is 1. The summed E-state index contributed by atoms with van der Waals surface area (Å²) >= 11 is 1.65. The van der Waals surface area contributed by atoms with Gasteiger partial charge in [0.05, 0.1) is 12.1 Å². The van der Waals surface area contributed by atoms with Crippen LogP contribution in [0.1, 0.15) is 24.5 Å². The molecule has 0 radical (unpaired) electrons. The molecular formula is C30H32F3NO6S. The van der Waals surface area contributed by atoms with Crippen molar-refractivity contribution in [2.24, 2.45) is 0 Å². The van der Waals surface area contributed by atoms with E-state index < -0.39 is 29.9 Å². The molecule has 0 saturated carbocycles. The summed E-state index contributed by atoms with van der Waals surface area (Å²) in [7, 11) is 0. The van der Waals surface area contributed by atoms with Crippen molar-refractivity contribution in [3.63, 3.8) is 0 Å². The molecule has 41 heavy (non-hydrogen) atoms. The monoisotopic (exact) mass is 591 g/mol. The molecule has 3 aromatic carbocycles. The first-order valence-corrected chi connectivity index (χ1v) is 14.0. The molecule has 3 rings (SSSR count). The lowest BCUT2D eigenvalue weighted by molar-refractivity contribution is -0.150. The van der Waals surface area contributed by atoms with Crippen LogP contribution < -0.4 is 9.47 Å². The largest absolute Gasteiger partial charge is 0.492 e. The second-order valence-electron chi connectivity index (χ2n) is 8.87. The minimum absolute atomic E-state index is 0.00915. The van der Waals surface area contributed by atoms with Gasteiger partial charge in [0.15, 0.2) is 6.10 Å². The average Bonchev–Trinajstić information content (AvgIpc) is 2.95. The molecule has 0 aliphatic rings. The number of carboxylic acid groups (broad SMARTS) is 1. The molecule has 7 nitrogen and oxygen atoms in total. The lowest BCUT2D eigenvalue weighted by atomic mass is 10.1. The molecule has 0 bridgehead atoms. The van der Waals surface area contributed by atoms with Crippen LogP contribution in [0.2, 0.25) is 0 Å². The molecule has 0 saturated heterocycles. The van der Waals surface area contributed by atoms with E-state index in [-0.39, 0.29) is 25.3 Å². The van der Waals surface area contributed by atoms with Crippen LogP contribution in [0.25, 0.3) is 0 Å². The summed E-state index contributed by atoms with van der Waals surface area (Å²) in [5.41, 5.74) is -0.0567. The predicted octanol–water partition coefficient (Wildman–Crippen LogP) is 6.80. The van der Waals surface area contributed by atoms with Crippen LogP contribution in [-0.2, 0) is 22.1 Å². The fraction of sp³-hybridized carbons (Fsp3) is 0.333. The lowest BCUT2D eigenvalue weighted by Crippen LogP contribution is -2.37. The van der Waals surface area contributed by atoms with Gasteiger partial charge in [-0.2, -0.15) is 13.2 Å². The number of ether oxygens (including phenoxy) is 3. The molecule has 1 N–H and O–H groups in total. The Hall–Kier alpha value is -3.70. The molecule has 0 spiro atoms. The van der Waals surface area contributed by atoms with E-state index in [0.717, 1.165) is 40.5 Å². The first kappa shape index (κ1) is 31.8. The fourth-order valence-electron chi connectivity index (χ4n) is 3.76. The second kappa shape index (κ2) is 15.9. The van der Waals surface area contributed by atoms with Gasteiger partial charge in [-0.1, -0.05) is 30.3 Å². The van der Waals surface area contributed by atoms with Crippen molar-refractivity contribution in [1.29, 1.82) is 0 Å². The van der Waals surface area contributed by atoms with E-state index in [9.17, 15) is 27.9 Å². The van der Waals surface area contributed by atoms with Gasteiger partial charge in [-0.15, -0.1) is 11.8 Å². The van der Waals surface area contributed by atoms with Gasteiger partial charge in [-0.05, 0) is 73.2 Å². The first-order chi connectivity index (χ1) is 19.7.